The summed E-state index contributed by atoms with van der Waals surface area (Å²) >= 11 is 5.65. The number of benzene rings is 1. The van der Waals surface area contributed by atoms with Crippen molar-refractivity contribution in [2.24, 2.45) is 0 Å². The first-order valence-electron chi connectivity index (χ1n) is 6.94. The van der Waals surface area contributed by atoms with E-state index in [1.807, 2.05) is 0 Å². The second kappa shape index (κ2) is 6.76. The molecule has 1 N–H and O–H groups in total. The van der Waals surface area contributed by atoms with E-state index in [1.165, 1.54) is 6.26 Å². The van der Waals surface area contributed by atoms with Gasteiger partial charge in [0.25, 0.3) is 0 Å². The van der Waals surface area contributed by atoms with Gasteiger partial charge in [-0.05, 0) is 36.4 Å². The highest BCUT2D eigenvalue weighted by molar-refractivity contribution is 7.89. The van der Waals surface area contributed by atoms with Crippen LogP contribution in [0.2, 0.25) is 5.02 Å². The van der Waals surface area contributed by atoms with E-state index in [0.29, 0.717) is 5.76 Å². The van der Waals surface area contributed by atoms with Crippen LogP contribution in [-0.2, 0) is 10.0 Å². The van der Waals surface area contributed by atoms with Crippen molar-refractivity contribution in [1.29, 1.82) is 0 Å². The molecular weight excluding hydrogens is 357 g/mol. The zero-order valence-corrected chi connectivity index (χ0v) is 13.8. The minimum Gasteiger partial charge on any atom is -0.467 e. The van der Waals surface area contributed by atoms with E-state index in [9.17, 15) is 12.8 Å². The van der Waals surface area contributed by atoms with Crippen LogP contribution in [0.25, 0.3) is 0 Å². The average molecular weight is 370 g/mol. The van der Waals surface area contributed by atoms with Gasteiger partial charge in [0.05, 0.1) is 16.2 Å². The molecule has 0 fully saturated rings. The molecule has 2 aromatic heterocycles. The number of furan rings is 1. The lowest BCUT2D eigenvalue weighted by Crippen LogP contribution is -2.31. The van der Waals surface area contributed by atoms with Gasteiger partial charge in [-0.3, -0.25) is 4.68 Å². The molecule has 0 saturated carbocycles. The van der Waals surface area contributed by atoms with E-state index in [1.54, 1.807) is 35.3 Å². The summed E-state index contributed by atoms with van der Waals surface area (Å²) in [6.07, 6.45) is 4.79. The quantitative estimate of drug-likeness (QED) is 0.724. The lowest BCUT2D eigenvalue weighted by Gasteiger charge is -2.16. The molecule has 0 saturated heterocycles. The summed E-state index contributed by atoms with van der Waals surface area (Å²) in [4.78, 5) is -0.118. The molecule has 0 unspecified atom stereocenters. The maximum atomic E-state index is 13.2. The van der Waals surface area contributed by atoms with Gasteiger partial charge in [-0.25, -0.2) is 17.5 Å². The Morgan fingerprint density at radius 1 is 1.33 bits per heavy atom. The molecule has 24 heavy (non-hydrogen) atoms. The molecule has 0 aliphatic carbocycles. The molecule has 0 amide bonds. The van der Waals surface area contributed by atoms with Gasteiger partial charge >= 0.3 is 0 Å². The molecule has 0 bridgehead atoms. The lowest BCUT2D eigenvalue weighted by molar-refractivity contribution is 0.402. The van der Waals surface area contributed by atoms with Crippen molar-refractivity contribution in [2.45, 2.75) is 10.9 Å². The highest BCUT2D eigenvalue weighted by atomic mass is 35.5. The Kier molecular flexibility index (Phi) is 4.70. The summed E-state index contributed by atoms with van der Waals surface area (Å²) in [5, 5.41) is 3.87. The highest BCUT2D eigenvalue weighted by Gasteiger charge is 2.22. The third-order valence-corrected chi connectivity index (χ3v) is 5.09. The monoisotopic (exact) mass is 369 g/mol. The summed E-state index contributed by atoms with van der Waals surface area (Å²) in [5.41, 5.74) is 0. The van der Waals surface area contributed by atoms with Crippen molar-refractivity contribution in [1.82, 2.24) is 14.5 Å². The van der Waals surface area contributed by atoms with Crippen molar-refractivity contribution in [2.75, 3.05) is 6.54 Å². The van der Waals surface area contributed by atoms with Crippen LogP contribution >= 0.6 is 11.6 Å². The van der Waals surface area contributed by atoms with Gasteiger partial charge < -0.3 is 4.42 Å². The highest BCUT2D eigenvalue weighted by Crippen LogP contribution is 2.21. The molecule has 0 radical (unpaired) electrons. The van der Waals surface area contributed by atoms with Gasteiger partial charge in [-0.1, -0.05) is 11.6 Å². The molecule has 0 aliphatic rings. The van der Waals surface area contributed by atoms with Crippen LogP contribution < -0.4 is 4.72 Å². The maximum Gasteiger partial charge on any atom is 0.240 e. The van der Waals surface area contributed by atoms with Gasteiger partial charge in [0.15, 0.2) is 0 Å². The Morgan fingerprint density at radius 3 is 2.79 bits per heavy atom. The van der Waals surface area contributed by atoms with Crippen LogP contribution in [-0.4, -0.2) is 24.7 Å². The van der Waals surface area contributed by atoms with Crippen molar-refractivity contribution >= 4 is 21.6 Å². The Labute approximate surface area is 142 Å². The van der Waals surface area contributed by atoms with Gasteiger partial charge in [0, 0.05) is 18.9 Å². The molecule has 3 aromatic rings. The van der Waals surface area contributed by atoms with Gasteiger partial charge in [-0.15, -0.1) is 0 Å². The van der Waals surface area contributed by atoms with Crippen LogP contribution in [0.15, 0.2) is 64.4 Å². The number of rotatable bonds is 6. The van der Waals surface area contributed by atoms with Crippen LogP contribution in [0.4, 0.5) is 4.39 Å². The predicted octanol–water partition coefficient (Wildman–Crippen LogP) is 2.84. The number of aromatic nitrogens is 2. The molecule has 6 nitrogen and oxygen atoms in total. The molecule has 126 valence electrons. The van der Waals surface area contributed by atoms with Gasteiger partial charge in [0.1, 0.15) is 17.6 Å². The zero-order chi connectivity index (χ0) is 17.2. The number of hydrogen-bond acceptors (Lipinski definition) is 4. The first-order valence-corrected chi connectivity index (χ1v) is 8.81. The molecule has 0 aliphatic heterocycles. The van der Waals surface area contributed by atoms with Crippen LogP contribution in [0, 0.1) is 5.82 Å². The van der Waals surface area contributed by atoms with E-state index in [4.69, 9.17) is 16.0 Å². The zero-order valence-electron chi connectivity index (χ0n) is 12.3. The molecule has 1 aromatic carbocycles. The number of nitrogens with zero attached hydrogens (tertiary/aromatic N) is 2. The smallest absolute Gasteiger partial charge is 0.240 e. The van der Waals surface area contributed by atoms with E-state index in [0.717, 1.165) is 18.2 Å². The summed E-state index contributed by atoms with van der Waals surface area (Å²) in [6.45, 7) is 0.00647. The van der Waals surface area contributed by atoms with Gasteiger partial charge in [0.2, 0.25) is 10.0 Å². The molecule has 0 spiro atoms. The normalized spacial score (nSPS) is 13.1. The van der Waals surface area contributed by atoms with Gasteiger partial charge in [-0.2, -0.15) is 5.10 Å². The molecular formula is C15H13ClFN3O3S. The number of sulfonamides is 1. The third kappa shape index (κ3) is 3.50. The number of nitrogens with one attached hydrogen (secondary N) is 1. The predicted molar refractivity (Wildman–Crippen MR) is 85.7 cm³/mol. The lowest BCUT2D eigenvalue weighted by atomic mass is 10.2. The number of halogens is 2. The van der Waals surface area contributed by atoms with Crippen molar-refractivity contribution in [3.63, 3.8) is 0 Å². The fraction of sp³-hybridized carbons (Fsp3) is 0.133. The Hall–Kier alpha value is -2.16. The molecule has 9 heteroatoms. The van der Waals surface area contributed by atoms with E-state index >= 15 is 0 Å². The topological polar surface area (TPSA) is 77.1 Å². The standard InChI is InChI=1S/C15H13ClFN3O3S/c16-12-9-11(4-5-13(12)17)24(21,22)19-10-14(15-3-1-8-23-15)20-7-2-6-18-20/h1-9,14,19H,10H2/t14-/m1/s1. The van der Waals surface area contributed by atoms with Crippen molar-refractivity contribution in [3.05, 3.63) is 71.7 Å². The van der Waals surface area contributed by atoms with E-state index < -0.39 is 21.9 Å². The number of hydrogen-bond donors (Lipinski definition) is 1. The first kappa shape index (κ1) is 16.7. The Balaban J connectivity index is 1.82. The fourth-order valence-corrected chi connectivity index (χ4v) is 3.50. The molecule has 3 rings (SSSR count). The van der Waals surface area contributed by atoms with Crippen molar-refractivity contribution in [3.8, 4) is 0 Å². The minimum atomic E-state index is -3.86. The van der Waals surface area contributed by atoms with Crippen LogP contribution in [0.3, 0.4) is 0 Å². The average Bonchev–Trinajstić information content (AvgIpc) is 3.24. The third-order valence-electron chi connectivity index (χ3n) is 3.38. The SMILES string of the molecule is O=S(=O)(NC[C@H](c1ccco1)n1cccn1)c1ccc(F)c(Cl)c1. The maximum absolute atomic E-state index is 13.2. The minimum absolute atomic E-state index is 0.00647. The Morgan fingerprint density at radius 2 is 2.17 bits per heavy atom. The Bertz CT molecular complexity index is 877. The fourth-order valence-electron chi connectivity index (χ4n) is 2.19. The first-order chi connectivity index (χ1) is 11.5. The van der Waals surface area contributed by atoms with Crippen LogP contribution in [0.1, 0.15) is 11.8 Å². The largest absolute Gasteiger partial charge is 0.467 e. The summed E-state index contributed by atoms with van der Waals surface area (Å²) in [5.74, 6) is -0.126. The van der Waals surface area contributed by atoms with Crippen LogP contribution in [0.5, 0.6) is 0 Å². The summed E-state index contributed by atoms with van der Waals surface area (Å²) in [6, 6.07) is 7.93. The van der Waals surface area contributed by atoms with Crippen molar-refractivity contribution < 1.29 is 17.2 Å². The summed E-state index contributed by atoms with van der Waals surface area (Å²) in [7, 11) is -3.86. The van der Waals surface area contributed by atoms with E-state index in [-0.39, 0.29) is 16.5 Å². The molecule has 1 atom stereocenters. The summed E-state index contributed by atoms with van der Waals surface area (Å²) < 4.78 is 47.4. The molecule has 2 heterocycles. The van der Waals surface area contributed by atoms with E-state index in [2.05, 4.69) is 9.82 Å². The second-order valence-corrected chi connectivity index (χ2v) is 7.12. The second-order valence-electron chi connectivity index (χ2n) is 4.95.